The molecule has 0 N–H and O–H groups in total. The van der Waals surface area contributed by atoms with Crippen molar-refractivity contribution in [3.63, 3.8) is 0 Å². The van der Waals surface area contributed by atoms with Gasteiger partial charge in [-0.05, 0) is 37.5 Å². The number of alkyl halides is 3. The number of Topliss-reactive ketones (excluding diaryl/α,β-unsaturated/α-hetero) is 1. The summed E-state index contributed by atoms with van der Waals surface area (Å²) in [5, 5.41) is 0.876. The Bertz CT molecular complexity index is 840. The molecule has 0 saturated heterocycles. The van der Waals surface area contributed by atoms with Gasteiger partial charge in [0.2, 0.25) is 0 Å². The number of carbonyl (C=O) groups is 1. The quantitative estimate of drug-likeness (QED) is 0.358. The zero-order chi connectivity index (χ0) is 20.6. The summed E-state index contributed by atoms with van der Waals surface area (Å²) in [4.78, 5) is 22.6. The van der Waals surface area contributed by atoms with E-state index >= 15 is 0 Å². The monoisotopic (exact) mass is 398 g/mol. The lowest BCUT2D eigenvalue weighted by Crippen LogP contribution is -2.14. The van der Waals surface area contributed by atoms with Crippen LogP contribution in [0.4, 0.5) is 13.2 Å². The zero-order valence-electron chi connectivity index (χ0n) is 15.9. The summed E-state index contributed by atoms with van der Waals surface area (Å²) in [6.07, 6.45) is -0.821. The Balaban J connectivity index is 1.58. The third-order valence-electron chi connectivity index (χ3n) is 4.44. The van der Waals surface area contributed by atoms with Crippen LogP contribution in [0.25, 0.3) is 11.0 Å². The molecule has 2 aromatic rings. The second-order valence-corrected chi connectivity index (χ2v) is 6.96. The number of hydrogen-bond acceptors (Lipinski definition) is 4. The summed E-state index contributed by atoms with van der Waals surface area (Å²) in [6, 6.07) is 6.87. The van der Waals surface area contributed by atoms with Gasteiger partial charge in [0.15, 0.2) is 0 Å². The SMILES string of the molecule is Cc1cc(=O)oc2cc(OCCCCCCCCC(=O)CC(F)(F)F)ccc12. The lowest BCUT2D eigenvalue weighted by Gasteiger charge is -2.08. The fraction of sp³-hybridized carbons (Fsp3) is 0.524. The van der Waals surface area contributed by atoms with Crippen LogP contribution in [-0.4, -0.2) is 18.6 Å². The highest BCUT2D eigenvalue weighted by Gasteiger charge is 2.30. The van der Waals surface area contributed by atoms with E-state index in [2.05, 4.69) is 0 Å². The predicted molar refractivity (Wildman–Crippen MR) is 101 cm³/mol. The number of ether oxygens (including phenoxy) is 1. The van der Waals surface area contributed by atoms with Gasteiger partial charge in [0.25, 0.3) is 0 Å². The maximum absolute atomic E-state index is 12.0. The highest BCUT2D eigenvalue weighted by molar-refractivity contribution is 5.81. The molecule has 154 valence electrons. The smallest absolute Gasteiger partial charge is 0.395 e. The molecule has 1 aromatic heterocycles. The molecular formula is C21H25F3O4. The Kier molecular flexibility index (Phi) is 8.08. The van der Waals surface area contributed by atoms with Crippen molar-refractivity contribution in [1.82, 2.24) is 0 Å². The third kappa shape index (κ3) is 7.74. The van der Waals surface area contributed by atoms with Crippen molar-refractivity contribution in [1.29, 1.82) is 0 Å². The van der Waals surface area contributed by atoms with Crippen LogP contribution < -0.4 is 10.4 Å². The molecule has 28 heavy (non-hydrogen) atoms. The Labute approximate surface area is 161 Å². The predicted octanol–water partition coefficient (Wildman–Crippen LogP) is 5.73. The van der Waals surface area contributed by atoms with Crippen molar-refractivity contribution in [3.8, 4) is 5.75 Å². The van der Waals surface area contributed by atoms with Gasteiger partial charge in [-0.3, -0.25) is 4.79 Å². The van der Waals surface area contributed by atoms with E-state index in [1.54, 1.807) is 6.07 Å². The molecule has 0 amide bonds. The van der Waals surface area contributed by atoms with Gasteiger partial charge in [-0.25, -0.2) is 4.79 Å². The molecular weight excluding hydrogens is 373 g/mol. The van der Waals surface area contributed by atoms with Crippen LogP contribution in [0.2, 0.25) is 0 Å². The van der Waals surface area contributed by atoms with Crippen molar-refractivity contribution in [3.05, 3.63) is 40.2 Å². The molecule has 0 fully saturated rings. The average molecular weight is 398 g/mol. The van der Waals surface area contributed by atoms with Gasteiger partial charge in [0.1, 0.15) is 23.5 Å². The van der Waals surface area contributed by atoms with Crippen LogP contribution >= 0.6 is 0 Å². The molecule has 0 atom stereocenters. The Morgan fingerprint density at radius 2 is 1.71 bits per heavy atom. The topological polar surface area (TPSA) is 56.5 Å². The largest absolute Gasteiger partial charge is 0.493 e. The fourth-order valence-electron chi connectivity index (χ4n) is 3.03. The molecule has 0 bridgehead atoms. The number of benzene rings is 1. The summed E-state index contributed by atoms with van der Waals surface area (Å²) < 4.78 is 47.0. The van der Waals surface area contributed by atoms with Crippen molar-refractivity contribution < 1.29 is 27.1 Å². The van der Waals surface area contributed by atoms with E-state index in [0.717, 1.165) is 43.1 Å². The number of rotatable bonds is 11. The maximum Gasteiger partial charge on any atom is 0.395 e. The number of carbonyl (C=O) groups excluding carboxylic acids is 1. The minimum Gasteiger partial charge on any atom is -0.493 e. The van der Waals surface area contributed by atoms with E-state index in [-0.39, 0.29) is 12.0 Å². The van der Waals surface area contributed by atoms with E-state index in [1.807, 2.05) is 19.1 Å². The normalized spacial score (nSPS) is 11.7. The minimum absolute atomic E-state index is 0.000185. The van der Waals surface area contributed by atoms with Gasteiger partial charge in [0, 0.05) is 23.9 Å². The van der Waals surface area contributed by atoms with Crippen LogP contribution in [0.5, 0.6) is 5.75 Å². The number of ketones is 1. The summed E-state index contributed by atoms with van der Waals surface area (Å²) in [5.74, 6) is -0.0910. The fourth-order valence-corrected chi connectivity index (χ4v) is 3.03. The number of fused-ring (bicyclic) bond motifs is 1. The highest BCUT2D eigenvalue weighted by atomic mass is 19.4. The number of aryl methyl sites for hydroxylation is 1. The van der Waals surface area contributed by atoms with Crippen LogP contribution in [0.1, 0.15) is 56.9 Å². The van der Waals surface area contributed by atoms with Gasteiger partial charge >= 0.3 is 11.8 Å². The zero-order valence-corrected chi connectivity index (χ0v) is 15.9. The van der Waals surface area contributed by atoms with Gasteiger partial charge in [-0.1, -0.05) is 25.7 Å². The van der Waals surface area contributed by atoms with Gasteiger partial charge in [-0.2, -0.15) is 13.2 Å². The van der Waals surface area contributed by atoms with Crippen molar-refractivity contribution >= 4 is 16.8 Å². The molecule has 2 rings (SSSR count). The standard InChI is InChI=1S/C21H25F3O4/c1-15-12-20(26)28-19-13-17(9-10-18(15)19)27-11-7-5-3-2-4-6-8-16(25)14-21(22,23)24/h9-10,12-13H,2-8,11,14H2,1H3. The first-order valence-electron chi connectivity index (χ1n) is 9.50. The maximum atomic E-state index is 12.0. The number of halogens is 3. The molecule has 0 aliphatic heterocycles. The molecule has 0 saturated carbocycles. The Hall–Kier alpha value is -2.31. The Morgan fingerprint density at radius 3 is 2.43 bits per heavy atom. The number of hydrogen-bond donors (Lipinski definition) is 0. The average Bonchev–Trinajstić information content (AvgIpc) is 2.58. The summed E-state index contributed by atoms with van der Waals surface area (Å²) in [6.45, 7) is 2.39. The van der Waals surface area contributed by atoms with E-state index < -0.39 is 18.4 Å². The molecule has 1 heterocycles. The van der Waals surface area contributed by atoms with E-state index in [1.165, 1.54) is 6.07 Å². The highest BCUT2D eigenvalue weighted by Crippen LogP contribution is 2.23. The summed E-state index contributed by atoms with van der Waals surface area (Å²) in [5.41, 5.74) is 0.975. The lowest BCUT2D eigenvalue weighted by molar-refractivity contribution is -0.152. The first-order chi connectivity index (χ1) is 13.2. The van der Waals surface area contributed by atoms with Gasteiger partial charge in [0.05, 0.1) is 6.61 Å². The second-order valence-electron chi connectivity index (χ2n) is 6.96. The molecule has 7 heteroatoms. The van der Waals surface area contributed by atoms with Crippen LogP contribution in [-0.2, 0) is 4.79 Å². The van der Waals surface area contributed by atoms with Crippen LogP contribution in [0.15, 0.2) is 33.5 Å². The van der Waals surface area contributed by atoms with Crippen molar-refractivity contribution in [2.75, 3.05) is 6.61 Å². The molecule has 0 aliphatic carbocycles. The Morgan fingerprint density at radius 1 is 1.04 bits per heavy atom. The molecule has 0 radical (unpaired) electrons. The third-order valence-corrected chi connectivity index (χ3v) is 4.44. The van der Waals surface area contributed by atoms with Crippen molar-refractivity contribution in [2.24, 2.45) is 0 Å². The van der Waals surface area contributed by atoms with E-state index in [0.29, 0.717) is 24.4 Å². The molecule has 0 unspecified atom stereocenters. The molecule has 0 aliphatic rings. The summed E-state index contributed by atoms with van der Waals surface area (Å²) in [7, 11) is 0. The van der Waals surface area contributed by atoms with E-state index in [9.17, 15) is 22.8 Å². The van der Waals surface area contributed by atoms with E-state index in [4.69, 9.17) is 9.15 Å². The van der Waals surface area contributed by atoms with Crippen LogP contribution in [0, 0.1) is 6.92 Å². The summed E-state index contributed by atoms with van der Waals surface area (Å²) >= 11 is 0. The lowest BCUT2D eigenvalue weighted by atomic mass is 10.1. The first-order valence-corrected chi connectivity index (χ1v) is 9.50. The minimum atomic E-state index is -4.40. The molecule has 0 spiro atoms. The molecule has 4 nitrogen and oxygen atoms in total. The molecule has 1 aromatic carbocycles. The van der Waals surface area contributed by atoms with Gasteiger partial charge < -0.3 is 9.15 Å². The first kappa shape index (κ1) is 22.0. The van der Waals surface area contributed by atoms with Crippen LogP contribution in [0.3, 0.4) is 0 Å². The van der Waals surface area contributed by atoms with Crippen molar-refractivity contribution in [2.45, 2.75) is 64.5 Å². The number of unbranched alkanes of at least 4 members (excludes halogenated alkanes) is 5. The van der Waals surface area contributed by atoms with Gasteiger partial charge in [-0.15, -0.1) is 0 Å². The second kappa shape index (κ2) is 10.3.